The van der Waals surface area contributed by atoms with Gasteiger partial charge < -0.3 is 15.2 Å². The fourth-order valence-electron chi connectivity index (χ4n) is 4.32. The van der Waals surface area contributed by atoms with Crippen LogP contribution in [0.3, 0.4) is 0 Å². The van der Waals surface area contributed by atoms with Gasteiger partial charge in [-0.05, 0) is 48.9 Å². The summed E-state index contributed by atoms with van der Waals surface area (Å²) in [5, 5.41) is 4.07. The van der Waals surface area contributed by atoms with Gasteiger partial charge in [-0.15, -0.1) is 0 Å². The van der Waals surface area contributed by atoms with Crippen LogP contribution in [0.1, 0.15) is 30.4 Å². The van der Waals surface area contributed by atoms with Crippen molar-refractivity contribution in [2.24, 2.45) is 5.92 Å². The molecule has 31 heavy (non-hydrogen) atoms. The molecule has 2 heterocycles. The van der Waals surface area contributed by atoms with E-state index in [1.54, 1.807) is 18.2 Å². The minimum Gasteiger partial charge on any atom is -0.361 e. The molecular formula is C25H28FN3O2. The smallest absolute Gasteiger partial charge is 0.224 e. The Hall–Kier alpha value is -3.15. The molecule has 0 radical (unpaired) electrons. The van der Waals surface area contributed by atoms with E-state index in [1.807, 2.05) is 29.3 Å². The zero-order valence-corrected chi connectivity index (χ0v) is 17.6. The van der Waals surface area contributed by atoms with E-state index in [9.17, 15) is 14.0 Å². The van der Waals surface area contributed by atoms with Crippen molar-refractivity contribution in [3.05, 3.63) is 71.7 Å². The number of hydrogen-bond acceptors (Lipinski definition) is 2. The van der Waals surface area contributed by atoms with Gasteiger partial charge in [-0.2, -0.15) is 0 Å². The fraction of sp³-hybridized carbons (Fsp3) is 0.360. The molecule has 2 amide bonds. The van der Waals surface area contributed by atoms with Crippen molar-refractivity contribution < 1.29 is 14.0 Å². The van der Waals surface area contributed by atoms with Gasteiger partial charge in [-0.25, -0.2) is 4.39 Å². The molecule has 1 saturated heterocycles. The zero-order chi connectivity index (χ0) is 21.6. The Morgan fingerprint density at radius 1 is 1.06 bits per heavy atom. The van der Waals surface area contributed by atoms with E-state index in [4.69, 9.17) is 0 Å². The number of H-pyrrole nitrogens is 1. The molecule has 4 rings (SSSR count). The third-order valence-corrected chi connectivity index (χ3v) is 6.08. The second kappa shape index (κ2) is 9.77. The van der Waals surface area contributed by atoms with Gasteiger partial charge in [0.2, 0.25) is 11.8 Å². The molecule has 0 bridgehead atoms. The molecule has 1 fully saturated rings. The fourth-order valence-corrected chi connectivity index (χ4v) is 4.32. The normalized spacial score (nSPS) is 16.4. The summed E-state index contributed by atoms with van der Waals surface area (Å²) in [4.78, 5) is 30.4. The van der Waals surface area contributed by atoms with Gasteiger partial charge in [0.1, 0.15) is 5.82 Å². The summed E-state index contributed by atoms with van der Waals surface area (Å²) in [6.45, 7) is 1.55. The third kappa shape index (κ3) is 5.13. The molecule has 2 aromatic carbocycles. The molecule has 0 aliphatic carbocycles. The molecule has 1 aliphatic heterocycles. The maximum Gasteiger partial charge on any atom is 0.224 e. The van der Waals surface area contributed by atoms with E-state index in [0.717, 1.165) is 29.3 Å². The molecule has 1 atom stereocenters. The van der Waals surface area contributed by atoms with Crippen LogP contribution in [0.5, 0.6) is 0 Å². The Labute approximate surface area is 181 Å². The largest absolute Gasteiger partial charge is 0.361 e. The van der Waals surface area contributed by atoms with Crippen LogP contribution < -0.4 is 5.32 Å². The molecule has 0 saturated carbocycles. The maximum absolute atomic E-state index is 13.7. The van der Waals surface area contributed by atoms with Crippen molar-refractivity contribution in [2.45, 2.75) is 32.1 Å². The highest BCUT2D eigenvalue weighted by molar-refractivity contribution is 5.84. The lowest BCUT2D eigenvalue weighted by Crippen LogP contribution is -2.45. The number of piperidine rings is 1. The van der Waals surface area contributed by atoms with Crippen LogP contribution in [0.25, 0.3) is 10.9 Å². The van der Waals surface area contributed by atoms with E-state index in [-0.39, 0.29) is 23.5 Å². The predicted octanol–water partition coefficient (Wildman–Crippen LogP) is 3.84. The standard InChI is InChI=1S/C25H28FN3O2/c26-22-9-3-1-6-18(22)13-14-27-25(31)20-7-5-15-29(17-20)24(30)12-11-19-16-28-23-10-4-2-8-21(19)23/h1-4,6,8-10,16,20,28H,5,7,11-15,17H2,(H,27,31)/t20-/m0/s1. The van der Waals surface area contributed by atoms with Crippen molar-refractivity contribution in [1.29, 1.82) is 0 Å². The summed E-state index contributed by atoms with van der Waals surface area (Å²) in [5.41, 5.74) is 2.82. The van der Waals surface area contributed by atoms with Crippen LogP contribution >= 0.6 is 0 Å². The first-order chi connectivity index (χ1) is 15.1. The van der Waals surface area contributed by atoms with E-state index in [0.29, 0.717) is 44.5 Å². The van der Waals surface area contributed by atoms with Gasteiger partial charge in [-0.1, -0.05) is 36.4 Å². The summed E-state index contributed by atoms with van der Waals surface area (Å²) in [5.74, 6) is -0.410. The van der Waals surface area contributed by atoms with Crippen LogP contribution in [0.2, 0.25) is 0 Å². The Balaban J connectivity index is 1.26. The minimum absolute atomic E-state index is 0.0505. The second-order valence-corrected chi connectivity index (χ2v) is 8.17. The number of fused-ring (bicyclic) bond motifs is 1. The highest BCUT2D eigenvalue weighted by Crippen LogP contribution is 2.21. The molecule has 1 aliphatic rings. The summed E-state index contributed by atoms with van der Waals surface area (Å²) in [6, 6.07) is 14.7. The number of halogens is 1. The number of nitrogens with zero attached hydrogens (tertiary/aromatic N) is 1. The van der Waals surface area contributed by atoms with Crippen LogP contribution in [0.4, 0.5) is 4.39 Å². The van der Waals surface area contributed by atoms with E-state index >= 15 is 0 Å². The highest BCUT2D eigenvalue weighted by Gasteiger charge is 2.28. The van der Waals surface area contributed by atoms with Gasteiger partial charge in [-0.3, -0.25) is 9.59 Å². The van der Waals surface area contributed by atoms with Crippen molar-refractivity contribution in [2.75, 3.05) is 19.6 Å². The lowest BCUT2D eigenvalue weighted by molar-refractivity contribution is -0.135. The lowest BCUT2D eigenvalue weighted by atomic mass is 9.96. The first kappa shape index (κ1) is 21.1. The Kier molecular flexibility index (Phi) is 6.65. The zero-order valence-electron chi connectivity index (χ0n) is 17.6. The van der Waals surface area contributed by atoms with Crippen LogP contribution in [0, 0.1) is 11.7 Å². The molecule has 0 unspecified atom stereocenters. The van der Waals surface area contributed by atoms with Gasteiger partial charge in [0.05, 0.1) is 5.92 Å². The second-order valence-electron chi connectivity index (χ2n) is 8.17. The molecular weight excluding hydrogens is 393 g/mol. The van der Waals surface area contributed by atoms with Crippen LogP contribution in [0.15, 0.2) is 54.7 Å². The SMILES string of the molecule is O=C(NCCc1ccccc1F)[C@H]1CCCN(C(=O)CCc2c[nH]c3ccccc23)C1. The average Bonchev–Trinajstić information content (AvgIpc) is 3.22. The molecule has 0 spiro atoms. The van der Waals surface area contributed by atoms with Crippen molar-refractivity contribution in [3.63, 3.8) is 0 Å². The number of nitrogens with one attached hydrogen (secondary N) is 2. The van der Waals surface area contributed by atoms with Gasteiger partial charge in [0.25, 0.3) is 0 Å². The van der Waals surface area contributed by atoms with Crippen molar-refractivity contribution >= 4 is 22.7 Å². The van der Waals surface area contributed by atoms with Crippen LogP contribution in [-0.4, -0.2) is 41.3 Å². The number of rotatable bonds is 7. The van der Waals surface area contributed by atoms with Gasteiger partial charge in [0, 0.05) is 43.2 Å². The van der Waals surface area contributed by atoms with E-state index in [1.165, 1.54) is 6.07 Å². The highest BCUT2D eigenvalue weighted by atomic mass is 19.1. The number of para-hydroxylation sites is 1. The number of carbonyl (C=O) groups excluding carboxylic acids is 2. The monoisotopic (exact) mass is 421 g/mol. The van der Waals surface area contributed by atoms with E-state index < -0.39 is 0 Å². The Morgan fingerprint density at radius 3 is 2.74 bits per heavy atom. The quantitative estimate of drug-likeness (QED) is 0.609. The number of hydrogen-bond donors (Lipinski definition) is 2. The molecule has 6 heteroatoms. The number of aromatic nitrogens is 1. The number of amides is 2. The van der Waals surface area contributed by atoms with E-state index in [2.05, 4.69) is 16.4 Å². The summed E-state index contributed by atoms with van der Waals surface area (Å²) in [6.07, 6.45) is 5.14. The van der Waals surface area contributed by atoms with Crippen molar-refractivity contribution in [1.82, 2.24) is 15.2 Å². The summed E-state index contributed by atoms with van der Waals surface area (Å²) < 4.78 is 13.7. The molecule has 3 aromatic rings. The molecule has 2 N–H and O–H groups in total. The minimum atomic E-state index is -0.249. The van der Waals surface area contributed by atoms with Crippen molar-refractivity contribution in [3.8, 4) is 0 Å². The summed E-state index contributed by atoms with van der Waals surface area (Å²) >= 11 is 0. The predicted molar refractivity (Wildman–Crippen MR) is 119 cm³/mol. The average molecular weight is 422 g/mol. The number of aryl methyl sites for hydroxylation is 1. The molecule has 5 nitrogen and oxygen atoms in total. The number of aromatic amines is 1. The van der Waals surface area contributed by atoms with Crippen LogP contribution in [-0.2, 0) is 22.4 Å². The third-order valence-electron chi connectivity index (χ3n) is 6.08. The molecule has 162 valence electrons. The van der Waals surface area contributed by atoms with Gasteiger partial charge in [0.15, 0.2) is 0 Å². The first-order valence-electron chi connectivity index (χ1n) is 11.0. The summed E-state index contributed by atoms with van der Waals surface area (Å²) in [7, 11) is 0. The Morgan fingerprint density at radius 2 is 1.87 bits per heavy atom. The number of benzene rings is 2. The first-order valence-corrected chi connectivity index (χ1v) is 11.0. The lowest BCUT2D eigenvalue weighted by Gasteiger charge is -2.32. The maximum atomic E-state index is 13.7. The number of carbonyl (C=O) groups is 2. The topological polar surface area (TPSA) is 65.2 Å². The Bertz CT molecular complexity index is 1060. The number of likely N-dealkylation sites (tertiary alicyclic amines) is 1. The molecule has 1 aromatic heterocycles. The van der Waals surface area contributed by atoms with Gasteiger partial charge >= 0.3 is 0 Å².